The average molecular weight is 224 g/mol. The molecule has 0 unspecified atom stereocenters. The van der Waals surface area contributed by atoms with Crippen molar-refractivity contribution in [3.8, 4) is 11.5 Å². The van der Waals surface area contributed by atoms with Gasteiger partial charge in [-0.2, -0.15) is 0 Å². The molecule has 3 heteroatoms. The zero-order chi connectivity index (χ0) is 11.6. The molecule has 84 valence electrons. The molecule has 1 aromatic rings. The van der Waals surface area contributed by atoms with E-state index < -0.39 is 8.07 Å². The van der Waals surface area contributed by atoms with E-state index in [0.717, 1.165) is 17.1 Å². The first-order chi connectivity index (χ1) is 6.90. The van der Waals surface area contributed by atoms with Gasteiger partial charge in [-0.25, -0.2) is 0 Å². The lowest BCUT2D eigenvalue weighted by Gasteiger charge is -2.21. The molecule has 0 aromatic heterocycles. The van der Waals surface area contributed by atoms with Crippen LogP contribution in [0.1, 0.15) is 5.56 Å². The monoisotopic (exact) mass is 224 g/mol. The highest BCUT2D eigenvalue weighted by molar-refractivity contribution is 6.89. The molecule has 1 aromatic carbocycles. The largest absolute Gasteiger partial charge is 0.497 e. The molecule has 0 N–H and O–H groups in total. The van der Waals surface area contributed by atoms with Crippen LogP contribution in [-0.2, 0) is 0 Å². The third-order valence-corrected chi connectivity index (χ3v) is 4.53. The maximum Gasteiger partial charge on any atom is 0.121 e. The zero-order valence-corrected chi connectivity index (χ0v) is 11.5. The molecule has 0 aliphatic rings. The summed E-state index contributed by atoms with van der Waals surface area (Å²) >= 11 is 0. The van der Waals surface area contributed by atoms with Gasteiger partial charge in [-0.1, -0.05) is 19.6 Å². The second-order valence-corrected chi connectivity index (χ2v) is 9.81. The van der Waals surface area contributed by atoms with E-state index >= 15 is 0 Å². The summed E-state index contributed by atoms with van der Waals surface area (Å²) in [5.74, 6) is 1.95. The molecule has 0 fully saturated rings. The van der Waals surface area contributed by atoms with Crippen LogP contribution in [-0.4, -0.2) is 22.3 Å². The topological polar surface area (TPSA) is 18.5 Å². The van der Waals surface area contributed by atoms with E-state index in [1.54, 1.807) is 14.2 Å². The second kappa shape index (κ2) is 4.27. The first-order valence-corrected chi connectivity index (χ1v) is 8.63. The molecule has 0 heterocycles. The fourth-order valence-electron chi connectivity index (χ4n) is 1.64. The Morgan fingerprint density at radius 1 is 0.933 bits per heavy atom. The molecule has 0 saturated carbocycles. The minimum Gasteiger partial charge on any atom is -0.497 e. The van der Waals surface area contributed by atoms with E-state index in [4.69, 9.17) is 9.47 Å². The summed E-state index contributed by atoms with van der Waals surface area (Å²) in [5.41, 5.74) is 1.12. The van der Waals surface area contributed by atoms with Crippen LogP contribution in [0.5, 0.6) is 11.5 Å². The van der Waals surface area contributed by atoms with Gasteiger partial charge in [0, 0.05) is 0 Å². The van der Waals surface area contributed by atoms with Gasteiger partial charge in [0.1, 0.15) is 11.5 Å². The standard InChI is InChI=1S/C12H20O2Si/c1-9-7-11(14-3)12(15(4,5)6)8-10(9)13-2/h7-8H,1-6H3. The predicted octanol–water partition coefficient (Wildman–Crippen LogP) is 2.56. The Morgan fingerprint density at radius 3 is 1.87 bits per heavy atom. The van der Waals surface area contributed by atoms with Crippen LogP contribution in [0, 0.1) is 6.92 Å². The smallest absolute Gasteiger partial charge is 0.121 e. The minimum absolute atomic E-state index is 0.952. The molecule has 0 saturated heterocycles. The van der Waals surface area contributed by atoms with Gasteiger partial charge in [-0.3, -0.25) is 0 Å². The fourth-order valence-corrected chi connectivity index (χ4v) is 3.11. The molecule has 0 aliphatic carbocycles. The fraction of sp³-hybridized carbons (Fsp3) is 0.500. The van der Waals surface area contributed by atoms with Crippen LogP contribution in [0.4, 0.5) is 0 Å². The number of hydrogen-bond acceptors (Lipinski definition) is 2. The van der Waals surface area contributed by atoms with Crippen molar-refractivity contribution in [2.75, 3.05) is 14.2 Å². The van der Waals surface area contributed by atoms with Crippen molar-refractivity contribution in [3.05, 3.63) is 17.7 Å². The van der Waals surface area contributed by atoms with Gasteiger partial charge in [-0.15, -0.1) is 0 Å². The molecule has 0 bridgehead atoms. The lowest BCUT2D eigenvalue weighted by Crippen LogP contribution is -2.38. The van der Waals surface area contributed by atoms with Gasteiger partial charge in [0.2, 0.25) is 0 Å². The number of rotatable bonds is 3. The highest BCUT2D eigenvalue weighted by Gasteiger charge is 2.22. The van der Waals surface area contributed by atoms with Crippen molar-refractivity contribution < 1.29 is 9.47 Å². The number of benzene rings is 1. The highest BCUT2D eigenvalue weighted by Crippen LogP contribution is 2.24. The Morgan fingerprint density at radius 2 is 1.47 bits per heavy atom. The third kappa shape index (κ3) is 2.53. The van der Waals surface area contributed by atoms with Crippen molar-refractivity contribution >= 4 is 13.3 Å². The Balaban J connectivity index is 3.36. The molecule has 15 heavy (non-hydrogen) atoms. The van der Waals surface area contributed by atoms with Gasteiger partial charge in [-0.05, 0) is 29.8 Å². The average Bonchev–Trinajstić information content (AvgIpc) is 2.15. The van der Waals surface area contributed by atoms with Crippen molar-refractivity contribution in [3.63, 3.8) is 0 Å². The summed E-state index contributed by atoms with van der Waals surface area (Å²) in [7, 11) is 2.06. The first kappa shape index (κ1) is 12.1. The van der Waals surface area contributed by atoms with Gasteiger partial charge in [0.25, 0.3) is 0 Å². The molecular formula is C12H20O2Si. The molecule has 0 aliphatic heterocycles. The molecule has 0 spiro atoms. The van der Waals surface area contributed by atoms with Crippen LogP contribution < -0.4 is 14.7 Å². The van der Waals surface area contributed by atoms with Gasteiger partial charge in [0.15, 0.2) is 0 Å². The quantitative estimate of drug-likeness (QED) is 0.735. The van der Waals surface area contributed by atoms with Crippen LogP contribution >= 0.6 is 0 Å². The third-order valence-electron chi connectivity index (χ3n) is 2.52. The summed E-state index contributed by atoms with van der Waals surface area (Å²) in [6, 6.07) is 4.19. The lowest BCUT2D eigenvalue weighted by molar-refractivity contribution is 0.403. The molecule has 0 amide bonds. The van der Waals surface area contributed by atoms with Gasteiger partial charge >= 0.3 is 0 Å². The first-order valence-electron chi connectivity index (χ1n) is 5.13. The van der Waals surface area contributed by atoms with E-state index in [1.165, 1.54) is 5.19 Å². The SMILES string of the molecule is COc1cc([Si](C)(C)C)c(OC)cc1C. The number of ether oxygens (including phenoxy) is 2. The van der Waals surface area contributed by atoms with Crippen molar-refractivity contribution in [2.24, 2.45) is 0 Å². The second-order valence-electron chi connectivity index (χ2n) is 4.77. The highest BCUT2D eigenvalue weighted by atomic mass is 28.3. The van der Waals surface area contributed by atoms with Crippen LogP contribution in [0.3, 0.4) is 0 Å². The molecule has 1 rings (SSSR count). The maximum absolute atomic E-state index is 5.43. The molecule has 2 nitrogen and oxygen atoms in total. The Labute approximate surface area is 93.2 Å². The number of methoxy groups -OCH3 is 2. The lowest BCUT2D eigenvalue weighted by atomic mass is 10.2. The van der Waals surface area contributed by atoms with Gasteiger partial charge in [0.05, 0.1) is 22.3 Å². The predicted molar refractivity (Wildman–Crippen MR) is 67.3 cm³/mol. The summed E-state index contributed by atoms with van der Waals surface area (Å²) in [6.07, 6.45) is 0. The Hall–Kier alpha value is -0.963. The van der Waals surface area contributed by atoms with E-state index in [-0.39, 0.29) is 0 Å². The molecule has 0 radical (unpaired) electrons. The molecular weight excluding hydrogens is 204 g/mol. The van der Waals surface area contributed by atoms with Crippen molar-refractivity contribution in [2.45, 2.75) is 26.6 Å². The number of hydrogen-bond donors (Lipinski definition) is 0. The normalized spacial score (nSPS) is 11.3. The zero-order valence-electron chi connectivity index (χ0n) is 10.5. The van der Waals surface area contributed by atoms with Crippen LogP contribution in [0.15, 0.2) is 12.1 Å². The maximum atomic E-state index is 5.43. The Bertz CT molecular complexity index is 353. The van der Waals surface area contributed by atoms with Crippen molar-refractivity contribution in [1.82, 2.24) is 0 Å². The number of aryl methyl sites for hydroxylation is 1. The van der Waals surface area contributed by atoms with Crippen LogP contribution in [0.2, 0.25) is 19.6 Å². The summed E-state index contributed by atoms with van der Waals surface area (Å²) < 4.78 is 10.8. The summed E-state index contributed by atoms with van der Waals surface area (Å²) in [6.45, 7) is 8.95. The van der Waals surface area contributed by atoms with Crippen molar-refractivity contribution in [1.29, 1.82) is 0 Å². The summed E-state index contributed by atoms with van der Waals surface area (Å²) in [4.78, 5) is 0. The van der Waals surface area contributed by atoms with E-state index in [2.05, 4.69) is 31.8 Å². The van der Waals surface area contributed by atoms with Crippen LogP contribution in [0.25, 0.3) is 0 Å². The van der Waals surface area contributed by atoms with E-state index in [0.29, 0.717) is 0 Å². The summed E-state index contributed by atoms with van der Waals surface area (Å²) in [5, 5.41) is 1.31. The van der Waals surface area contributed by atoms with Gasteiger partial charge < -0.3 is 9.47 Å². The van der Waals surface area contributed by atoms with E-state index in [1.807, 2.05) is 6.92 Å². The molecule has 0 atom stereocenters. The van der Waals surface area contributed by atoms with E-state index in [9.17, 15) is 0 Å². The minimum atomic E-state index is -1.37. The Kier molecular flexibility index (Phi) is 3.45.